The molecule has 0 saturated heterocycles. The van der Waals surface area contributed by atoms with Gasteiger partial charge < -0.3 is 20.2 Å². The van der Waals surface area contributed by atoms with Crippen molar-refractivity contribution in [3.05, 3.63) is 0 Å². The zero-order valence-electron chi connectivity index (χ0n) is 9.08. The summed E-state index contributed by atoms with van der Waals surface area (Å²) in [6, 6.07) is 0.541. The van der Waals surface area contributed by atoms with Gasteiger partial charge in [-0.25, -0.2) is 4.79 Å². The average molecular weight is 220 g/mol. The highest BCUT2D eigenvalue weighted by molar-refractivity contribution is 6.50. The summed E-state index contributed by atoms with van der Waals surface area (Å²) in [5.74, 6) is 0. The minimum absolute atomic E-state index is 0.124. The molecule has 0 fully saturated rings. The molecule has 0 saturated carbocycles. The van der Waals surface area contributed by atoms with Crippen LogP contribution in [0.2, 0.25) is 12.6 Å². The number of nitrogens with one attached hydrogen (secondary N) is 1. The SMILES string of the molecule is COC(C)O[SiH](C)CCCNC(N)=O. The van der Waals surface area contributed by atoms with Crippen molar-refractivity contribution in [2.75, 3.05) is 13.7 Å². The van der Waals surface area contributed by atoms with Gasteiger partial charge in [0.15, 0.2) is 9.04 Å². The van der Waals surface area contributed by atoms with Crippen LogP contribution in [-0.4, -0.2) is 35.0 Å². The number of amides is 2. The minimum Gasteiger partial charge on any atom is -0.396 e. The molecule has 0 aliphatic carbocycles. The Hall–Kier alpha value is -0.593. The Morgan fingerprint density at radius 2 is 2.29 bits per heavy atom. The summed E-state index contributed by atoms with van der Waals surface area (Å²) < 4.78 is 10.6. The van der Waals surface area contributed by atoms with Crippen LogP contribution in [0.5, 0.6) is 0 Å². The predicted molar refractivity (Wildman–Crippen MR) is 57.6 cm³/mol. The maximum absolute atomic E-state index is 10.3. The molecule has 2 amide bonds. The van der Waals surface area contributed by atoms with E-state index in [0.717, 1.165) is 12.5 Å². The minimum atomic E-state index is -1.16. The van der Waals surface area contributed by atoms with Gasteiger partial charge in [-0.3, -0.25) is 0 Å². The first kappa shape index (κ1) is 13.4. The second-order valence-corrected chi connectivity index (χ2v) is 5.65. The highest BCUT2D eigenvalue weighted by Crippen LogP contribution is 2.02. The molecule has 14 heavy (non-hydrogen) atoms. The summed E-state index contributed by atoms with van der Waals surface area (Å²) >= 11 is 0. The predicted octanol–water partition coefficient (Wildman–Crippen LogP) is 0.407. The normalized spacial score (nSPS) is 14.8. The molecular formula is C8H20N2O3Si. The van der Waals surface area contributed by atoms with E-state index in [2.05, 4.69) is 11.9 Å². The van der Waals surface area contributed by atoms with Crippen molar-refractivity contribution in [2.24, 2.45) is 5.73 Å². The van der Waals surface area contributed by atoms with Crippen LogP contribution in [0.3, 0.4) is 0 Å². The summed E-state index contributed by atoms with van der Waals surface area (Å²) in [4.78, 5) is 10.3. The first-order chi connectivity index (χ1) is 6.56. The Morgan fingerprint density at radius 3 is 2.79 bits per heavy atom. The van der Waals surface area contributed by atoms with E-state index in [-0.39, 0.29) is 6.29 Å². The third-order valence-electron chi connectivity index (χ3n) is 1.84. The fourth-order valence-electron chi connectivity index (χ4n) is 1.05. The fraction of sp³-hybridized carbons (Fsp3) is 0.875. The quantitative estimate of drug-likeness (QED) is 0.371. The van der Waals surface area contributed by atoms with Gasteiger partial charge in [0.2, 0.25) is 0 Å². The van der Waals surface area contributed by atoms with Crippen molar-refractivity contribution in [3.63, 3.8) is 0 Å². The van der Waals surface area contributed by atoms with Crippen molar-refractivity contribution >= 4 is 15.1 Å². The fourth-order valence-corrected chi connectivity index (χ4v) is 2.73. The molecule has 0 bridgehead atoms. The molecule has 0 aliphatic rings. The Labute approximate surface area is 86.7 Å². The van der Waals surface area contributed by atoms with Crippen LogP contribution in [0.15, 0.2) is 0 Å². The number of urea groups is 1. The number of hydrogen-bond acceptors (Lipinski definition) is 3. The van der Waals surface area contributed by atoms with E-state index < -0.39 is 15.1 Å². The van der Waals surface area contributed by atoms with Crippen molar-refractivity contribution in [3.8, 4) is 0 Å². The number of carbonyl (C=O) groups excluding carboxylic acids is 1. The van der Waals surface area contributed by atoms with Gasteiger partial charge in [0.25, 0.3) is 0 Å². The molecule has 0 aliphatic heterocycles. The van der Waals surface area contributed by atoms with Crippen LogP contribution in [0.4, 0.5) is 4.79 Å². The van der Waals surface area contributed by atoms with E-state index in [1.807, 2.05) is 6.92 Å². The van der Waals surface area contributed by atoms with E-state index in [9.17, 15) is 4.79 Å². The van der Waals surface area contributed by atoms with Crippen LogP contribution in [0, 0.1) is 0 Å². The number of carbonyl (C=O) groups is 1. The second-order valence-electron chi connectivity index (χ2n) is 3.18. The molecule has 84 valence electrons. The van der Waals surface area contributed by atoms with E-state index >= 15 is 0 Å². The monoisotopic (exact) mass is 220 g/mol. The van der Waals surface area contributed by atoms with Gasteiger partial charge in [0.1, 0.15) is 6.29 Å². The maximum atomic E-state index is 10.3. The molecule has 0 aromatic rings. The molecular weight excluding hydrogens is 200 g/mol. The van der Waals surface area contributed by atoms with Crippen molar-refractivity contribution in [2.45, 2.75) is 32.2 Å². The number of methoxy groups -OCH3 is 1. The van der Waals surface area contributed by atoms with E-state index in [1.165, 1.54) is 0 Å². The molecule has 0 aromatic heterocycles. The number of ether oxygens (including phenoxy) is 1. The molecule has 0 spiro atoms. The zero-order valence-corrected chi connectivity index (χ0v) is 10.2. The van der Waals surface area contributed by atoms with Crippen LogP contribution in [0.25, 0.3) is 0 Å². The lowest BCUT2D eigenvalue weighted by Gasteiger charge is -2.16. The maximum Gasteiger partial charge on any atom is 0.312 e. The average Bonchev–Trinajstić information content (AvgIpc) is 2.12. The van der Waals surface area contributed by atoms with Gasteiger partial charge in [-0.2, -0.15) is 0 Å². The van der Waals surface area contributed by atoms with Gasteiger partial charge in [0.05, 0.1) is 0 Å². The van der Waals surface area contributed by atoms with Crippen molar-refractivity contribution < 1.29 is 14.0 Å². The Kier molecular flexibility index (Phi) is 7.45. The van der Waals surface area contributed by atoms with Gasteiger partial charge in [-0.05, 0) is 25.9 Å². The molecule has 0 radical (unpaired) electrons. The Bertz CT molecular complexity index is 169. The van der Waals surface area contributed by atoms with E-state index in [4.69, 9.17) is 14.9 Å². The third kappa shape index (κ3) is 8.03. The van der Waals surface area contributed by atoms with Crippen LogP contribution < -0.4 is 11.1 Å². The molecule has 5 nitrogen and oxygen atoms in total. The molecule has 0 rings (SSSR count). The summed E-state index contributed by atoms with van der Waals surface area (Å²) in [6.07, 6.45) is 0.785. The standard InChI is InChI=1S/C8H20N2O3Si/c1-7(12-2)13-14(3)6-4-5-10-8(9)11/h7,14H,4-6H2,1-3H3,(H3,9,10,11). The van der Waals surface area contributed by atoms with Crippen LogP contribution in [0.1, 0.15) is 13.3 Å². The molecule has 3 N–H and O–H groups in total. The smallest absolute Gasteiger partial charge is 0.312 e. The van der Waals surface area contributed by atoms with Crippen LogP contribution >= 0.6 is 0 Å². The molecule has 0 heterocycles. The van der Waals surface area contributed by atoms with Gasteiger partial charge in [-0.15, -0.1) is 0 Å². The zero-order chi connectivity index (χ0) is 11.0. The molecule has 0 aromatic carbocycles. The number of hydrogen-bond donors (Lipinski definition) is 2. The van der Waals surface area contributed by atoms with Gasteiger partial charge >= 0.3 is 6.03 Å². The lowest BCUT2D eigenvalue weighted by molar-refractivity contribution is -0.0408. The first-order valence-electron chi connectivity index (χ1n) is 4.77. The second kappa shape index (κ2) is 7.78. The number of rotatable bonds is 7. The lowest BCUT2D eigenvalue weighted by atomic mass is 10.5. The van der Waals surface area contributed by atoms with Crippen molar-refractivity contribution in [1.82, 2.24) is 5.32 Å². The number of nitrogens with two attached hydrogens (primary N) is 1. The Balaban J connectivity index is 3.35. The summed E-state index contributed by atoms with van der Waals surface area (Å²) in [5.41, 5.74) is 4.92. The molecule has 6 heteroatoms. The third-order valence-corrected chi connectivity index (χ3v) is 3.91. The highest BCUT2D eigenvalue weighted by atomic mass is 28.3. The number of primary amides is 1. The molecule has 2 unspecified atom stereocenters. The van der Waals surface area contributed by atoms with Crippen LogP contribution in [-0.2, 0) is 9.16 Å². The topological polar surface area (TPSA) is 73.6 Å². The first-order valence-corrected chi connectivity index (χ1v) is 7.22. The van der Waals surface area contributed by atoms with E-state index in [0.29, 0.717) is 6.54 Å². The Morgan fingerprint density at radius 1 is 1.64 bits per heavy atom. The highest BCUT2D eigenvalue weighted by Gasteiger charge is 2.08. The van der Waals surface area contributed by atoms with Crippen molar-refractivity contribution in [1.29, 1.82) is 0 Å². The summed E-state index contributed by atoms with van der Waals surface area (Å²) in [7, 11) is 0.468. The summed E-state index contributed by atoms with van der Waals surface area (Å²) in [6.45, 7) is 4.61. The largest absolute Gasteiger partial charge is 0.396 e. The molecule has 2 atom stereocenters. The van der Waals surface area contributed by atoms with E-state index in [1.54, 1.807) is 7.11 Å². The van der Waals surface area contributed by atoms with Gasteiger partial charge in [-0.1, -0.05) is 0 Å². The van der Waals surface area contributed by atoms with Gasteiger partial charge in [0, 0.05) is 13.7 Å². The summed E-state index contributed by atoms with van der Waals surface area (Å²) in [5, 5.41) is 2.54. The lowest BCUT2D eigenvalue weighted by Crippen LogP contribution is -2.31.